The molecule has 0 radical (unpaired) electrons. The number of nitrogens with one attached hydrogen (secondary N) is 1. The monoisotopic (exact) mass is 304 g/mol. The van der Waals surface area contributed by atoms with Crippen LogP contribution >= 0.6 is 0 Å². The first-order valence-corrected chi connectivity index (χ1v) is 6.67. The van der Waals surface area contributed by atoms with Crippen LogP contribution in [0.3, 0.4) is 0 Å². The molecule has 0 saturated heterocycles. The summed E-state index contributed by atoms with van der Waals surface area (Å²) in [5.41, 5.74) is 0.822. The molecule has 8 nitrogen and oxygen atoms in total. The molecular weight excluding hydrogens is 288 g/mol. The Kier molecular flexibility index (Phi) is 4.72. The number of hydrogen-bond acceptors (Lipinski definition) is 5. The summed E-state index contributed by atoms with van der Waals surface area (Å²) in [4.78, 5) is 22.4. The summed E-state index contributed by atoms with van der Waals surface area (Å²) in [5.74, 6) is -0.277. The third kappa shape index (κ3) is 3.40. The normalized spacial score (nSPS) is 10.3. The summed E-state index contributed by atoms with van der Waals surface area (Å²) >= 11 is 0. The van der Waals surface area contributed by atoms with Crippen LogP contribution in [0.5, 0.6) is 5.75 Å². The van der Waals surface area contributed by atoms with Crippen molar-refractivity contribution in [3.8, 4) is 5.75 Å². The zero-order valence-corrected chi connectivity index (χ0v) is 12.3. The number of carbonyl (C=O) groups is 1. The van der Waals surface area contributed by atoms with E-state index < -0.39 is 10.8 Å². The fourth-order valence-corrected chi connectivity index (χ4v) is 1.93. The highest BCUT2D eigenvalue weighted by Crippen LogP contribution is 2.27. The van der Waals surface area contributed by atoms with Crippen molar-refractivity contribution in [1.29, 1.82) is 0 Å². The molecule has 1 aromatic carbocycles. The number of nitro groups is 1. The maximum Gasteiger partial charge on any atom is 0.311 e. The van der Waals surface area contributed by atoms with Crippen molar-refractivity contribution in [1.82, 2.24) is 15.1 Å². The van der Waals surface area contributed by atoms with Gasteiger partial charge in [-0.15, -0.1) is 0 Å². The number of aromatic nitrogens is 2. The van der Waals surface area contributed by atoms with E-state index in [1.54, 1.807) is 10.9 Å². The molecule has 1 aromatic heterocycles. The van der Waals surface area contributed by atoms with Gasteiger partial charge in [0.15, 0.2) is 5.75 Å². The SMILES string of the molecule is CCn1cc(CNC(=O)c2ccc(OC)c([N+](=O)[O-])c2)cn1. The largest absolute Gasteiger partial charge is 0.490 e. The maximum atomic E-state index is 12.1. The Morgan fingerprint density at radius 3 is 2.86 bits per heavy atom. The number of aryl methyl sites for hydroxylation is 1. The number of amides is 1. The van der Waals surface area contributed by atoms with E-state index in [2.05, 4.69) is 10.4 Å². The van der Waals surface area contributed by atoms with E-state index in [1.165, 1.54) is 25.3 Å². The molecule has 1 heterocycles. The fraction of sp³-hybridized carbons (Fsp3) is 0.286. The molecule has 0 spiro atoms. The van der Waals surface area contributed by atoms with Crippen LogP contribution < -0.4 is 10.1 Å². The molecule has 2 aromatic rings. The van der Waals surface area contributed by atoms with Crippen molar-refractivity contribution in [3.63, 3.8) is 0 Å². The van der Waals surface area contributed by atoms with Gasteiger partial charge in [-0.25, -0.2) is 0 Å². The molecule has 0 aliphatic carbocycles. The van der Waals surface area contributed by atoms with Gasteiger partial charge in [0, 0.05) is 36.5 Å². The van der Waals surface area contributed by atoms with Gasteiger partial charge in [-0.3, -0.25) is 19.6 Å². The van der Waals surface area contributed by atoms with Crippen LogP contribution in [0, 0.1) is 10.1 Å². The molecule has 0 fully saturated rings. The van der Waals surface area contributed by atoms with Crippen molar-refractivity contribution in [2.45, 2.75) is 20.0 Å². The lowest BCUT2D eigenvalue weighted by molar-refractivity contribution is -0.385. The van der Waals surface area contributed by atoms with E-state index in [1.807, 2.05) is 13.1 Å². The molecule has 0 unspecified atom stereocenters. The van der Waals surface area contributed by atoms with Gasteiger partial charge in [0.2, 0.25) is 0 Å². The molecule has 0 atom stereocenters. The Balaban J connectivity index is 2.09. The average molecular weight is 304 g/mol. The zero-order chi connectivity index (χ0) is 16.1. The fourth-order valence-electron chi connectivity index (χ4n) is 1.93. The third-order valence-electron chi connectivity index (χ3n) is 3.10. The van der Waals surface area contributed by atoms with Gasteiger partial charge in [-0.05, 0) is 19.1 Å². The summed E-state index contributed by atoms with van der Waals surface area (Å²) < 4.78 is 6.65. The second-order valence-electron chi connectivity index (χ2n) is 4.53. The van der Waals surface area contributed by atoms with Gasteiger partial charge in [0.25, 0.3) is 5.91 Å². The van der Waals surface area contributed by atoms with Crippen LogP contribution in [0.25, 0.3) is 0 Å². The van der Waals surface area contributed by atoms with E-state index in [4.69, 9.17) is 4.74 Å². The quantitative estimate of drug-likeness (QED) is 0.647. The predicted octanol–water partition coefficient (Wildman–Crippen LogP) is 1.75. The van der Waals surface area contributed by atoms with Crippen LogP contribution in [-0.4, -0.2) is 27.7 Å². The molecule has 0 saturated carbocycles. The predicted molar refractivity (Wildman–Crippen MR) is 78.7 cm³/mol. The van der Waals surface area contributed by atoms with Crippen LogP contribution in [0.2, 0.25) is 0 Å². The lowest BCUT2D eigenvalue weighted by Crippen LogP contribution is -2.22. The lowest BCUT2D eigenvalue weighted by Gasteiger charge is -2.06. The van der Waals surface area contributed by atoms with E-state index in [0.717, 1.165) is 12.1 Å². The van der Waals surface area contributed by atoms with Crippen LogP contribution in [-0.2, 0) is 13.1 Å². The van der Waals surface area contributed by atoms with Gasteiger partial charge >= 0.3 is 5.69 Å². The van der Waals surface area contributed by atoms with Crippen molar-refractivity contribution in [2.75, 3.05) is 7.11 Å². The van der Waals surface area contributed by atoms with E-state index in [-0.39, 0.29) is 17.0 Å². The summed E-state index contributed by atoms with van der Waals surface area (Å²) in [7, 11) is 1.34. The number of hydrogen-bond donors (Lipinski definition) is 1. The standard InChI is InChI=1S/C14H16N4O4/c1-3-17-9-10(8-16-17)7-15-14(19)11-4-5-13(22-2)12(6-11)18(20)21/h4-6,8-9H,3,7H2,1-2H3,(H,15,19). The highest BCUT2D eigenvalue weighted by atomic mass is 16.6. The topological polar surface area (TPSA) is 99.3 Å². The zero-order valence-electron chi connectivity index (χ0n) is 12.3. The lowest BCUT2D eigenvalue weighted by atomic mass is 10.1. The first-order valence-electron chi connectivity index (χ1n) is 6.67. The highest BCUT2D eigenvalue weighted by molar-refractivity contribution is 5.95. The molecule has 2 rings (SSSR count). The molecule has 0 aliphatic rings. The summed E-state index contributed by atoms with van der Waals surface area (Å²) in [6, 6.07) is 4.09. The van der Waals surface area contributed by atoms with Crippen LogP contribution in [0.15, 0.2) is 30.6 Å². The van der Waals surface area contributed by atoms with E-state index >= 15 is 0 Å². The minimum Gasteiger partial charge on any atom is -0.490 e. The number of nitrogens with zero attached hydrogens (tertiary/aromatic N) is 3. The van der Waals surface area contributed by atoms with Gasteiger partial charge in [0.1, 0.15) is 0 Å². The number of ether oxygens (including phenoxy) is 1. The second kappa shape index (κ2) is 6.70. The van der Waals surface area contributed by atoms with Crippen molar-refractivity contribution in [3.05, 3.63) is 51.8 Å². The smallest absolute Gasteiger partial charge is 0.311 e. The Hall–Kier alpha value is -2.90. The molecular formula is C14H16N4O4. The Labute approximate surface area is 126 Å². The van der Waals surface area contributed by atoms with Gasteiger partial charge in [-0.2, -0.15) is 5.10 Å². The summed E-state index contributed by atoms with van der Waals surface area (Å²) in [6.45, 7) is 3.02. The average Bonchev–Trinajstić information content (AvgIpc) is 2.99. The molecule has 0 bridgehead atoms. The highest BCUT2D eigenvalue weighted by Gasteiger charge is 2.18. The first-order chi connectivity index (χ1) is 10.5. The molecule has 0 aliphatic heterocycles. The summed E-state index contributed by atoms with van der Waals surface area (Å²) in [6.07, 6.45) is 3.50. The molecule has 116 valence electrons. The Morgan fingerprint density at radius 2 is 2.27 bits per heavy atom. The van der Waals surface area contributed by atoms with Crippen LogP contribution in [0.1, 0.15) is 22.8 Å². The van der Waals surface area contributed by atoms with E-state index in [0.29, 0.717) is 6.54 Å². The number of methoxy groups -OCH3 is 1. The van der Waals surface area contributed by atoms with E-state index in [9.17, 15) is 14.9 Å². The number of benzene rings is 1. The Bertz CT molecular complexity index is 696. The third-order valence-corrected chi connectivity index (χ3v) is 3.10. The van der Waals surface area contributed by atoms with Crippen molar-refractivity contribution >= 4 is 11.6 Å². The maximum absolute atomic E-state index is 12.1. The molecule has 1 N–H and O–H groups in total. The molecule has 8 heteroatoms. The molecule has 1 amide bonds. The number of carbonyl (C=O) groups excluding carboxylic acids is 1. The summed E-state index contributed by atoms with van der Waals surface area (Å²) in [5, 5.41) is 17.8. The van der Waals surface area contributed by atoms with Crippen LogP contribution in [0.4, 0.5) is 5.69 Å². The minimum absolute atomic E-state index is 0.116. The number of rotatable bonds is 6. The van der Waals surface area contributed by atoms with Gasteiger partial charge in [0.05, 0.1) is 18.2 Å². The van der Waals surface area contributed by atoms with Gasteiger partial charge < -0.3 is 10.1 Å². The first kappa shape index (κ1) is 15.5. The molecule has 22 heavy (non-hydrogen) atoms. The second-order valence-corrected chi connectivity index (χ2v) is 4.53. The van der Waals surface area contributed by atoms with Crippen molar-refractivity contribution in [2.24, 2.45) is 0 Å². The van der Waals surface area contributed by atoms with Crippen molar-refractivity contribution < 1.29 is 14.5 Å². The van der Waals surface area contributed by atoms with Gasteiger partial charge in [-0.1, -0.05) is 0 Å². The Morgan fingerprint density at radius 1 is 1.50 bits per heavy atom. The minimum atomic E-state index is -0.582. The number of nitro benzene ring substituents is 1.